The first-order chi connectivity index (χ1) is 14.8. The van der Waals surface area contributed by atoms with Gasteiger partial charge in [-0.1, -0.05) is 20.8 Å². The summed E-state index contributed by atoms with van der Waals surface area (Å²) in [6.45, 7) is 11.5. The third-order valence-electron chi connectivity index (χ3n) is 7.37. The van der Waals surface area contributed by atoms with Crippen LogP contribution in [0.4, 0.5) is 0 Å². The number of hydrogen-bond acceptors (Lipinski definition) is 5. The van der Waals surface area contributed by atoms with Gasteiger partial charge in [0.15, 0.2) is 17.3 Å². The van der Waals surface area contributed by atoms with E-state index in [1.54, 1.807) is 4.52 Å². The lowest BCUT2D eigenvalue weighted by Crippen LogP contribution is -2.38. The van der Waals surface area contributed by atoms with E-state index in [0.717, 1.165) is 40.8 Å². The standard InChI is InChI=1S/C23H31N7O/c1-13(2)23-25-24-20-9-10-21(27-30(20)23)29-16(5)18(15(4)26-29)7-11-22(31)28-12-17-6-8-19(28)14(17)3/h9-10,13-14,17,19H,6-8,11-12H2,1-5H3/t14-,17?,19?/m1/s1. The lowest BCUT2D eigenvalue weighted by atomic mass is 10.0. The molecule has 2 fully saturated rings. The normalized spacial score (nSPS) is 22.9. The van der Waals surface area contributed by atoms with Gasteiger partial charge >= 0.3 is 0 Å². The Hall–Kier alpha value is -2.77. The molecule has 2 aliphatic rings. The van der Waals surface area contributed by atoms with Crippen molar-refractivity contribution in [2.75, 3.05) is 6.54 Å². The number of amides is 1. The van der Waals surface area contributed by atoms with Crippen molar-refractivity contribution in [2.45, 2.75) is 72.3 Å². The predicted molar refractivity (Wildman–Crippen MR) is 117 cm³/mol. The second kappa shape index (κ2) is 7.43. The fourth-order valence-electron chi connectivity index (χ4n) is 5.50. The van der Waals surface area contributed by atoms with Crippen molar-refractivity contribution in [3.63, 3.8) is 0 Å². The van der Waals surface area contributed by atoms with Gasteiger partial charge in [0, 0.05) is 30.6 Å². The molecular weight excluding hydrogens is 390 g/mol. The molecule has 1 aliphatic heterocycles. The number of aryl methyl sites for hydroxylation is 1. The largest absolute Gasteiger partial charge is 0.339 e. The summed E-state index contributed by atoms with van der Waals surface area (Å²) in [7, 11) is 0. The van der Waals surface area contributed by atoms with Gasteiger partial charge in [-0.15, -0.1) is 15.3 Å². The van der Waals surface area contributed by atoms with Crippen LogP contribution in [0.25, 0.3) is 11.5 Å². The van der Waals surface area contributed by atoms with E-state index in [1.165, 1.54) is 12.8 Å². The second-order valence-electron chi connectivity index (χ2n) is 9.55. The molecule has 5 rings (SSSR count). The van der Waals surface area contributed by atoms with Gasteiger partial charge < -0.3 is 4.90 Å². The Balaban J connectivity index is 1.37. The van der Waals surface area contributed by atoms with E-state index < -0.39 is 0 Å². The summed E-state index contributed by atoms with van der Waals surface area (Å²) >= 11 is 0. The molecule has 31 heavy (non-hydrogen) atoms. The third kappa shape index (κ3) is 3.23. The van der Waals surface area contributed by atoms with Gasteiger partial charge in [-0.2, -0.15) is 9.61 Å². The van der Waals surface area contributed by atoms with Gasteiger partial charge in [0.2, 0.25) is 5.91 Å². The highest BCUT2D eigenvalue weighted by Crippen LogP contribution is 2.42. The molecule has 0 spiro atoms. The maximum absolute atomic E-state index is 12.9. The lowest BCUT2D eigenvalue weighted by molar-refractivity contribution is -0.133. The van der Waals surface area contributed by atoms with Gasteiger partial charge in [0.05, 0.1) is 5.69 Å². The van der Waals surface area contributed by atoms with Crippen LogP contribution in [-0.2, 0) is 11.2 Å². The fraction of sp³-hybridized carbons (Fsp3) is 0.609. The lowest BCUT2D eigenvalue weighted by Gasteiger charge is -2.27. The zero-order valence-corrected chi connectivity index (χ0v) is 19.0. The van der Waals surface area contributed by atoms with Crippen LogP contribution >= 0.6 is 0 Å². The van der Waals surface area contributed by atoms with Crippen LogP contribution in [-0.4, -0.2) is 53.0 Å². The first kappa shape index (κ1) is 20.2. The maximum Gasteiger partial charge on any atom is 0.223 e. The quantitative estimate of drug-likeness (QED) is 0.632. The monoisotopic (exact) mass is 421 g/mol. The Morgan fingerprint density at radius 1 is 1.16 bits per heavy atom. The third-order valence-corrected chi connectivity index (χ3v) is 7.37. The zero-order chi connectivity index (χ0) is 21.9. The molecule has 3 aromatic heterocycles. The van der Waals surface area contributed by atoms with E-state index in [-0.39, 0.29) is 11.8 Å². The van der Waals surface area contributed by atoms with E-state index in [1.807, 2.05) is 23.7 Å². The van der Waals surface area contributed by atoms with E-state index >= 15 is 0 Å². The summed E-state index contributed by atoms with van der Waals surface area (Å²) in [6, 6.07) is 4.30. The molecule has 1 saturated carbocycles. The molecule has 3 atom stereocenters. The predicted octanol–water partition coefficient (Wildman–Crippen LogP) is 3.24. The molecule has 1 saturated heterocycles. The number of carbonyl (C=O) groups is 1. The average Bonchev–Trinajstić information content (AvgIpc) is 3.48. The first-order valence-corrected chi connectivity index (χ1v) is 11.4. The highest BCUT2D eigenvalue weighted by Gasteiger charge is 2.45. The molecule has 0 N–H and O–H groups in total. The summed E-state index contributed by atoms with van der Waals surface area (Å²) in [5, 5.41) is 18.0. The summed E-state index contributed by atoms with van der Waals surface area (Å²) in [5.41, 5.74) is 3.86. The van der Waals surface area contributed by atoms with Gasteiger partial charge in [-0.3, -0.25) is 4.79 Å². The number of nitrogens with zero attached hydrogens (tertiary/aromatic N) is 7. The van der Waals surface area contributed by atoms with Crippen molar-refractivity contribution in [3.05, 3.63) is 34.9 Å². The molecule has 0 radical (unpaired) electrons. The summed E-state index contributed by atoms with van der Waals surface area (Å²) in [6.07, 6.45) is 3.70. The summed E-state index contributed by atoms with van der Waals surface area (Å²) < 4.78 is 3.67. The minimum absolute atomic E-state index is 0.225. The molecule has 3 aromatic rings. The van der Waals surface area contributed by atoms with Crippen LogP contribution in [0.15, 0.2) is 12.1 Å². The highest BCUT2D eigenvalue weighted by atomic mass is 16.2. The van der Waals surface area contributed by atoms with Gasteiger partial charge in [-0.25, -0.2) is 4.68 Å². The Kier molecular flexibility index (Phi) is 4.83. The average molecular weight is 422 g/mol. The van der Waals surface area contributed by atoms with Crippen molar-refractivity contribution in [2.24, 2.45) is 11.8 Å². The number of carbonyl (C=O) groups excluding carboxylic acids is 1. The van der Waals surface area contributed by atoms with Gasteiger partial charge in [0.1, 0.15) is 0 Å². The van der Waals surface area contributed by atoms with Crippen molar-refractivity contribution < 1.29 is 4.79 Å². The minimum atomic E-state index is 0.225. The number of likely N-dealkylation sites (tertiary alicyclic amines) is 1. The molecule has 164 valence electrons. The number of fused-ring (bicyclic) bond motifs is 3. The maximum atomic E-state index is 12.9. The number of aromatic nitrogens is 6. The smallest absolute Gasteiger partial charge is 0.223 e. The van der Waals surface area contributed by atoms with E-state index in [9.17, 15) is 4.79 Å². The molecule has 2 bridgehead atoms. The summed E-state index contributed by atoms with van der Waals surface area (Å²) in [5.74, 6) is 3.44. The van der Waals surface area contributed by atoms with Crippen LogP contribution in [0.5, 0.6) is 0 Å². The Bertz CT molecular complexity index is 1140. The van der Waals surface area contributed by atoms with E-state index in [2.05, 4.69) is 42.8 Å². The molecule has 8 heteroatoms. The number of rotatable bonds is 5. The van der Waals surface area contributed by atoms with Gasteiger partial charge in [0.25, 0.3) is 0 Å². The Morgan fingerprint density at radius 3 is 2.65 bits per heavy atom. The Labute approximate surface area is 182 Å². The fourth-order valence-corrected chi connectivity index (χ4v) is 5.50. The van der Waals surface area contributed by atoms with Crippen LogP contribution in [0, 0.1) is 25.7 Å². The molecular formula is C23H31N7O. The van der Waals surface area contributed by atoms with Crippen LogP contribution in [0.3, 0.4) is 0 Å². The summed E-state index contributed by atoms with van der Waals surface area (Å²) in [4.78, 5) is 15.1. The molecule has 1 amide bonds. The highest BCUT2D eigenvalue weighted by molar-refractivity contribution is 5.77. The van der Waals surface area contributed by atoms with Crippen molar-refractivity contribution in [1.82, 2.24) is 34.5 Å². The van der Waals surface area contributed by atoms with Crippen molar-refractivity contribution in [1.29, 1.82) is 0 Å². The Morgan fingerprint density at radius 2 is 1.97 bits per heavy atom. The van der Waals surface area contributed by atoms with E-state index in [4.69, 9.17) is 10.2 Å². The molecule has 8 nitrogen and oxygen atoms in total. The van der Waals surface area contributed by atoms with Crippen LogP contribution in [0.1, 0.15) is 68.7 Å². The number of hydrogen-bond donors (Lipinski definition) is 0. The molecule has 1 aliphatic carbocycles. The van der Waals surface area contributed by atoms with Crippen LogP contribution < -0.4 is 0 Å². The van der Waals surface area contributed by atoms with Gasteiger partial charge in [-0.05, 0) is 62.6 Å². The van der Waals surface area contributed by atoms with Crippen molar-refractivity contribution >= 4 is 11.6 Å². The topological polar surface area (TPSA) is 81.2 Å². The van der Waals surface area contributed by atoms with Crippen LogP contribution in [0.2, 0.25) is 0 Å². The van der Waals surface area contributed by atoms with Crippen molar-refractivity contribution in [3.8, 4) is 5.82 Å². The minimum Gasteiger partial charge on any atom is -0.339 e. The SMILES string of the molecule is Cc1nn(-c2ccc3nnc(C(C)C)n3n2)c(C)c1CCC(=O)N1CC2CCC1[C@@H]2C. The first-order valence-electron chi connectivity index (χ1n) is 11.4. The molecule has 2 unspecified atom stereocenters. The second-order valence-corrected chi connectivity index (χ2v) is 9.55. The molecule has 4 heterocycles. The van der Waals surface area contributed by atoms with E-state index in [0.29, 0.717) is 30.7 Å². The zero-order valence-electron chi connectivity index (χ0n) is 19.0. The number of piperidine rings is 1. The molecule has 0 aromatic carbocycles.